The van der Waals surface area contributed by atoms with Crippen LogP contribution in [0.25, 0.3) is 11.0 Å². The van der Waals surface area contributed by atoms with Crippen molar-refractivity contribution in [3.05, 3.63) is 35.0 Å². The van der Waals surface area contributed by atoms with E-state index in [2.05, 4.69) is 0 Å². The van der Waals surface area contributed by atoms with E-state index in [9.17, 15) is 4.79 Å². The molecule has 0 aliphatic heterocycles. The number of benzene rings is 1. The van der Waals surface area contributed by atoms with Crippen LogP contribution in [0.15, 0.2) is 28.9 Å². The Hall–Kier alpha value is -1.48. The molecular formula is C11H9ClO3. The van der Waals surface area contributed by atoms with E-state index in [1.165, 1.54) is 6.26 Å². The van der Waals surface area contributed by atoms with Crippen molar-refractivity contribution < 1.29 is 14.3 Å². The van der Waals surface area contributed by atoms with Crippen LogP contribution in [0.2, 0.25) is 5.02 Å². The fourth-order valence-corrected chi connectivity index (χ4v) is 1.65. The van der Waals surface area contributed by atoms with Crippen LogP contribution in [0.1, 0.15) is 18.4 Å². The van der Waals surface area contributed by atoms with Gasteiger partial charge in [-0.25, -0.2) is 0 Å². The Morgan fingerprint density at radius 2 is 2.27 bits per heavy atom. The number of aliphatic carboxylic acids is 1. The lowest BCUT2D eigenvalue weighted by atomic mass is 10.0. The van der Waals surface area contributed by atoms with Crippen molar-refractivity contribution in [3.8, 4) is 0 Å². The standard InChI is InChI=1S/C11H9ClO3/c1-6(11(13)14)9-5-15-10-4-7(12)2-3-8(9)10/h2-6H,1H3,(H,13,14). The number of fused-ring (bicyclic) bond motifs is 1. The Balaban J connectivity index is 2.59. The third-order valence-corrected chi connectivity index (χ3v) is 2.64. The molecule has 15 heavy (non-hydrogen) atoms. The highest BCUT2D eigenvalue weighted by atomic mass is 35.5. The van der Waals surface area contributed by atoms with Gasteiger partial charge in [0.1, 0.15) is 5.58 Å². The van der Waals surface area contributed by atoms with E-state index in [4.69, 9.17) is 21.1 Å². The molecule has 0 saturated carbocycles. The van der Waals surface area contributed by atoms with E-state index in [-0.39, 0.29) is 0 Å². The lowest BCUT2D eigenvalue weighted by Gasteiger charge is -2.02. The normalized spacial score (nSPS) is 12.9. The average Bonchev–Trinajstić information content (AvgIpc) is 2.59. The van der Waals surface area contributed by atoms with Gasteiger partial charge in [-0.15, -0.1) is 0 Å². The van der Waals surface area contributed by atoms with Gasteiger partial charge in [0.2, 0.25) is 0 Å². The maximum atomic E-state index is 10.8. The van der Waals surface area contributed by atoms with Crippen molar-refractivity contribution in [2.75, 3.05) is 0 Å². The lowest BCUT2D eigenvalue weighted by molar-refractivity contribution is -0.138. The highest BCUT2D eigenvalue weighted by Crippen LogP contribution is 2.29. The monoisotopic (exact) mass is 224 g/mol. The highest BCUT2D eigenvalue weighted by molar-refractivity contribution is 6.31. The van der Waals surface area contributed by atoms with Gasteiger partial charge in [0, 0.05) is 16.0 Å². The molecule has 0 spiro atoms. The zero-order valence-corrected chi connectivity index (χ0v) is 8.78. The molecule has 0 radical (unpaired) electrons. The predicted octanol–water partition coefficient (Wildman–Crippen LogP) is 3.27. The third kappa shape index (κ3) is 1.70. The number of halogens is 1. The number of hydrogen-bond acceptors (Lipinski definition) is 2. The number of carboxylic acid groups (broad SMARTS) is 1. The summed E-state index contributed by atoms with van der Waals surface area (Å²) in [5, 5.41) is 10.3. The van der Waals surface area contributed by atoms with Crippen molar-refractivity contribution >= 4 is 28.5 Å². The number of carboxylic acids is 1. The number of hydrogen-bond donors (Lipinski definition) is 1. The molecule has 4 heteroatoms. The van der Waals surface area contributed by atoms with E-state index < -0.39 is 11.9 Å². The minimum absolute atomic E-state index is 0.575. The summed E-state index contributed by atoms with van der Waals surface area (Å²) in [6.45, 7) is 1.63. The fourth-order valence-electron chi connectivity index (χ4n) is 1.49. The second kappa shape index (κ2) is 3.59. The number of furan rings is 1. The van der Waals surface area contributed by atoms with Crippen molar-refractivity contribution in [1.82, 2.24) is 0 Å². The van der Waals surface area contributed by atoms with Gasteiger partial charge in [-0.05, 0) is 25.1 Å². The minimum Gasteiger partial charge on any atom is -0.481 e. The van der Waals surface area contributed by atoms with E-state index >= 15 is 0 Å². The van der Waals surface area contributed by atoms with E-state index in [1.54, 1.807) is 25.1 Å². The molecule has 1 N–H and O–H groups in total. The van der Waals surface area contributed by atoms with E-state index in [0.717, 1.165) is 5.39 Å². The van der Waals surface area contributed by atoms with Gasteiger partial charge in [-0.2, -0.15) is 0 Å². The first-order valence-electron chi connectivity index (χ1n) is 4.49. The summed E-state index contributed by atoms with van der Waals surface area (Å²) in [6, 6.07) is 5.17. The summed E-state index contributed by atoms with van der Waals surface area (Å²) < 4.78 is 5.25. The summed E-state index contributed by atoms with van der Waals surface area (Å²) in [5.74, 6) is -1.44. The van der Waals surface area contributed by atoms with E-state index in [1.807, 2.05) is 0 Å². The van der Waals surface area contributed by atoms with Crippen molar-refractivity contribution in [2.45, 2.75) is 12.8 Å². The first-order chi connectivity index (χ1) is 7.09. The van der Waals surface area contributed by atoms with E-state index in [0.29, 0.717) is 16.2 Å². The van der Waals surface area contributed by atoms with Gasteiger partial charge < -0.3 is 9.52 Å². The van der Waals surface area contributed by atoms with Crippen LogP contribution in [-0.4, -0.2) is 11.1 Å². The Bertz CT molecular complexity index is 516. The molecule has 1 heterocycles. The Morgan fingerprint density at radius 1 is 1.53 bits per heavy atom. The average molecular weight is 225 g/mol. The van der Waals surface area contributed by atoms with Gasteiger partial charge in [0.05, 0.1) is 12.2 Å². The first kappa shape index (κ1) is 10.1. The second-order valence-corrected chi connectivity index (χ2v) is 3.83. The Labute approximate surface area is 91.3 Å². The van der Waals surface area contributed by atoms with Crippen LogP contribution in [0.5, 0.6) is 0 Å². The molecule has 78 valence electrons. The van der Waals surface area contributed by atoms with Crippen LogP contribution < -0.4 is 0 Å². The molecule has 0 aliphatic carbocycles. The van der Waals surface area contributed by atoms with Gasteiger partial charge in [0.25, 0.3) is 0 Å². The van der Waals surface area contributed by atoms with Crippen molar-refractivity contribution in [1.29, 1.82) is 0 Å². The van der Waals surface area contributed by atoms with Crippen LogP contribution in [0.3, 0.4) is 0 Å². The van der Waals surface area contributed by atoms with Crippen molar-refractivity contribution in [2.24, 2.45) is 0 Å². The molecule has 2 aromatic rings. The summed E-state index contributed by atoms with van der Waals surface area (Å²) in [5.41, 5.74) is 1.29. The SMILES string of the molecule is CC(C(=O)O)c1coc2cc(Cl)ccc12. The summed E-state index contributed by atoms with van der Waals surface area (Å²) in [7, 11) is 0. The van der Waals surface area contributed by atoms with Gasteiger partial charge in [0.15, 0.2) is 0 Å². The smallest absolute Gasteiger partial charge is 0.310 e. The highest BCUT2D eigenvalue weighted by Gasteiger charge is 2.18. The van der Waals surface area contributed by atoms with Crippen LogP contribution in [-0.2, 0) is 4.79 Å². The molecule has 2 rings (SSSR count). The van der Waals surface area contributed by atoms with Crippen LogP contribution >= 0.6 is 11.6 Å². The predicted molar refractivity (Wildman–Crippen MR) is 57.3 cm³/mol. The maximum absolute atomic E-state index is 10.8. The Morgan fingerprint density at radius 3 is 2.93 bits per heavy atom. The topological polar surface area (TPSA) is 50.4 Å². The quantitative estimate of drug-likeness (QED) is 0.852. The molecule has 1 aromatic carbocycles. The zero-order valence-electron chi connectivity index (χ0n) is 8.03. The molecule has 0 amide bonds. The number of carbonyl (C=O) groups is 1. The first-order valence-corrected chi connectivity index (χ1v) is 4.87. The molecule has 0 saturated heterocycles. The van der Waals surface area contributed by atoms with Crippen LogP contribution in [0.4, 0.5) is 0 Å². The summed E-state index contributed by atoms with van der Waals surface area (Å²) in [4.78, 5) is 10.8. The van der Waals surface area contributed by atoms with Gasteiger partial charge in [-0.1, -0.05) is 11.6 Å². The summed E-state index contributed by atoms with van der Waals surface area (Å²) in [6.07, 6.45) is 1.47. The molecule has 0 fully saturated rings. The molecule has 1 aromatic heterocycles. The summed E-state index contributed by atoms with van der Waals surface area (Å²) >= 11 is 5.79. The minimum atomic E-state index is -0.868. The maximum Gasteiger partial charge on any atom is 0.310 e. The largest absolute Gasteiger partial charge is 0.481 e. The zero-order chi connectivity index (χ0) is 11.0. The lowest BCUT2D eigenvalue weighted by Crippen LogP contribution is -2.06. The molecule has 0 bridgehead atoms. The van der Waals surface area contributed by atoms with Gasteiger partial charge >= 0.3 is 5.97 Å². The van der Waals surface area contributed by atoms with Gasteiger partial charge in [-0.3, -0.25) is 4.79 Å². The molecule has 1 atom stereocenters. The molecule has 1 unspecified atom stereocenters. The Kier molecular flexibility index (Phi) is 2.40. The van der Waals surface area contributed by atoms with Crippen molar-refractivity contribution in [3.63, 3.8) is 0 Å². The second-order valence-electron chi connectivity index (χ2n) is 3.39. The fraction of sp³-hybridized carbons (Fsp3) is 0.182. The molecule has 0 aliphatic rings. The van der Waals surface area contributed by atoms with Crippen LogP contribution in [0, 0.1) is 0 Å². The number of rotatable bonds is 2. The molecular weight excluding hydrogens is 216 g/mol. The molecule has 3 nitrogen and oxygen atoms in total. The third-order valence-electron chi connectivity index (χ3n) is 2.40.